The van der Waals surface area contributed by atoms with Gasteiger partial charge in [0.15, 0.2) is 0 Å². The third-order valence-electron chi connectivity index (χ3n) is 5.08. The van der Waals surface area contributed by atoms with Crippen LogP contribution in [0, 0.1) is 0 Å². The predicted molar refractivity (Wildman–Crippen MR) is 119 cm³/mol. The van der Waals surface area contributed by atoms with Crippen molar-refractivity contribution in [1.29, 1.82) is 0 Å². The third-order valence-corrected chi connectivity index (χ3v) is 5.64. The van der Waals surface area contributed by atoms with Crippen LogP contribution in [0.3, 0.4) is 0 Å². The highest BCUT2D eigenvalue weighted by atomic mass is 79.9. The van der Waals surface area contributed by atoms with E-state index in [9.17, 15) is 4.79 Å². The lowest BCUT2D eigenvalue weighted by Crippen LogP contribution is -2.27. The van der Waals surface area contributed by atoms with Crippen molar-refractivity contribution in [3.8, 4) is 5.75 Å². The molecule has 1 fully saturated rings. The molecule has 1 N–H and O–H groups in total. The Morgan fingerprint density at radius 2 is 2.14 bits per heavy atom. The Morgan fingerprint density at radius 1 is 1.41 bits per heavy atom. The molecule has 0 saturated carbocycles. The second-order valence-electron chi connectivity index (χ2n) is 7.32. The Labute approximate surface area is 180 Å². The van der Waals surface area contributed by atoms with Gasteiger partial charge in [-0.25, -0.2) is 4.98 Å². The fourth-order valence-electron chi connectivity index (χ4n) is 3.33. The molecule has 0 unspecified atom stereocenters. The number of nitrogens with zero attached hydrogens (tertiary/aromatic N) is 4. The molecule has 1 aromatic heterocycles. The van der Waals surface area contributed by atoms with Gasteiger partial charge in [0.1, 0.15) is 17.7 Å². The second kappa shape index (κ2) is 9.43. The topological polar surface area (TPSA) is 70.6 Å². The molecule has 2 aromatic rings. The maximum absolute atomic E-state index is 11.2. The average molecular weight is 462 g/mol. The smallest absolute Gasteiger partial charge is 0.227 e. The highest BCUT2D eigenvalue weighted by Gasteiger charge is 2.27. The molecule has 1 aromatic carbocycles. The first-order valence-corrected chi connectivity index (χ1v) is 10.7. The average Bonchev–Trinajstić information content (AvgIpc) is 3.16. The largest absolute Gasteiger partial charge is 0.489 e. The third kappa shape index (κ3) is 5.38. The minimum absolute atomic E-state index is 0.0194. The van der Waals surface area contributed by atoms with Crippen LogP contribution in [0.15, 0.2) is 34.9 Å². The van der Waals surface area contributed by atoms with Crippen LogP contribution in [0.2, 0.25) is 0 Å². The van der Waals surface area contributed by atoms with E-state index in [1.807, 2.05) is 49.3 Å². The molecule has 0 radical (unpaired) electrons. The first kappa shape index (κ1) is 21.4. The van der Waals surface area contributed by atoms with E-state index >= 15 is 0 Å². The molecule has 7 nitrogen and oxygen atoms in total. The van der Waals surface area contributed by atoms with Gasteiger partial charge in [0.25, 0.3) is 0 Å². The number of nitrogens with one attached hydrogen (secondary N) is 1. The van der Waals surface area contributed by atoms with Crippen LogP contribution in [0.5, 0.6) is 5.75 Å². The summed E-state index contributed by atoms with van der Waals surface area (Å²) in [7, 11) is 1.99. The summed E-state index contributed by atoms with van der Waals surface area (Å²) in [5, 5.41) is 2.89. The summed E-state index contributed by atoms with van der Waals surface area (Å²) in [5.41, 5.74) is 1.05. The van der Waals surface area contributed by atoms with E-state index in [-0.39, 0.29) is 18.1 Å². The van der Waals surface area contributed by atoms with Crippen LogP contribution >= 0.6 is 15.9 Å². The van der Waals surface area contributed by atoms with Gasteiger partial charge in [-0.2, -0.15) is 4.98 Å². The van der Waals surface area contributed by atoms with Crippen molar-refractivity contribution < 1.29 is 9.53 Å². The highest BCUT2D eigenvalue weighted by Crippen LogP contribution is 2.29. The van der Waals surface area contributed by atoms with Crippen molar-refractivity contribution in [1.82, 2.24) is 15.3 Å². The van der Waals surface area contributed by atoms with E-state index in [0.717, 1.165) is 53.6 Å². The molecule has 8 heteroatoms. The van der Waals surface area contributed by atoms with Crippen LogP contribution in [0.4, 0.5) is 11.8 Å². The maximum Gasteiger partial charge on any atom is 0.227 e. The van der Waals surface area contributed by atoms with Gasteiger partial charge in [0, 0.05) is 39.7 Å². The Kier molecular flexibility index (Phi) is 6.95. The van der Waals surface area contributed by atoms with Gasteiger partial charge in [0.05, 0.1) is 17.1 Å². The molecule has 3 rings (SSSR count). The number of hydrogen-bond donors (Lipinski definition) is 1. The van der Waals surface area contributed by atoms with Crippen molar-refractivity contribution in [2.45, 2.75) is 39.3 Å². The molecule has 1 aliphatic rings. The summed E-state index contributed by atoms with van der Waals surface area (Å²) in [6, 6.07) is 7.90. The molecule has 2 heterocycles. The van der Waals surface area contributed by atoms with Gasteiger partial charge in [-0.1, -0.05) is 12.1 Å². The summed E-state index contributed by atoms with van der Waals surface area (Å²) < 4.78 is 7.07. The number of halogens is 1. The molecule has 29 heavy (non-hydrogen) atoms. The molecule has 156 valence electrons. The SMILES string of the molecule is CCN(C)c1ncc(Br)c(N2CC[C@@H](Oc3ccc([C@H](C)NC(C)=O)cc3)C2)n1. The van der Waals surface area contributed by atoms with E-state index in [1.165, 1.54) is 6.92 Å². The minimum atomic E-state index is -0.0342. The van der Waals surface area contributed by atoms with E-state index in [2.05, 4.69) is 38.1 Å². The van der Waals surface area contributed by atoms with Crippen molar-refractivity contribution in [2.24, 2.45) is 0 Å². The summed E-state index contributed by atoms with van der Waals surface area (Å²) in [6.45, 7) is 8.08. The number of carbonyl (C=O) groups is 1. The lowest BCUT2D eigenvalue weighted by molar-refractivity contribution is -0.119. The second-order valence-corrected chi connectivity index (χ2v) is 8.18. The lowest BCUT2D eigenvalue weighted by atomic mass is 10.1. The Balaban J connectivity index is 1.62. The number of carbonyl (C=O) groups excluding carboxylic acids is 1. The number of amides is 1. The molecular weight excluding hydrogens is 434 g/mol. The van der Waals surface area contributed by atoms with Crippen molar-refractivity contribution in [3.63, 3.8) is 0 Å². The number of ether oxygens (including phenoxy) is 1. The molecule has 1 saturated heterocycles. The van der Waals surface area contributed by atoms with Crippen molar-refractivity contribution in [2.75, 3.05) is 36.5 Å². The zero-order valence-corrected chi connectivity index (χ0v) is 18.9. The maximum atomic E-state index is 11.2. The van der Waals surface area contributed by atoms with E-state index in [0.29, 0.717) is 0 Å². The molecule has 0 bridgehead atoms. The van der Waals surface area contributed by atoms with Crippen LogP contribution in [0.25, 0.3) is 0 Å². The van der Waals surface area contributed by atoms with Gasteiger partial charge >= 0.3 is 0 Å². The van der Waals surface area contributed by atoms with Crippen molar-refractivity contribution in [3.05, 3.63) is 40.5 Å². The standard InChI is InChI=1S/C21H28BrN5O2/c1-5-26(4)21-23-12-19(22)20(25-21)27-11-10-18(13-27)29-17-8-6-16(7-9-17)14(2)24-15(3)28/h6-9,12,14,18H,5,10-11,13H2,1-4H3,(H,24,28)/t14-,18+/m0/s1. The summed E-state index contributed by atoms with van der Waals surface area (Å²) in [4.78, 5) is 24.6. The van der Waals surface area contributed by atoms with E-state index < -0.39 is 0 Å². The first-order valence-electron chi connectivity index (χ1n) is 9.89. The van der Waals surface area contributed by atoms with Gasteiger partial charge in [-0.3, -0.25) is 4.79 Å². The summed E-state index contributed by atoms with van der Waals surface area (Å²) >= 11 is 3.58. The van der Waals surface area contributed by atoms with Gasteiger partial charge in [-0.15, -0.1) is 0 Å². The summed E-state index contributed by atoms with van der Waals surface area (Å²) in [6.07, 6.45) is 2.84. The van der Waals surface area contributed by atoms with Crippen LogP contribution < -0.4 is 19.9 Å². The summed E-state index contributed by atoms with van der Waals surface area (Å²) in [5.74, 6) is 2.43. The number of benzene rings is 1. The first-order chi connectivity index (χ1) is 13.9. The normalized spacial score (nSPS) is 17.1. The van der Waals surface area contributed by atoms with Crippen LogP contribution in [-0.2, 0) is 4.79 Å². The molecule has 0 spiro atoms. The quantitative estimate of drug-likeness (QED) is 0.679. The zero-order valence-electron chi connectivity index (χ0n) is 17.4. The Hall–Kier alpha value is -2.35. The number of anilines is 2. The van der Waals surface area contributed by atoms with Crippen molar-refractivity contribution >= 4 is 33.6 Å². The zero-order chi connectivity index (χ0) is 21.0. The highest BCUT2D eigenvalue weighted by molar-refractivity contribution is 9.10. The van der Waals surface area contributed by atoms with Gasteiger partial charge < -0.3 is 19.9 Å². The molecule has 1 aliphatic heterocycles. The Morgan fingerprint density at radius 3 is 2.79 bits per heavy atom. The molecule has 0 aliphatic carbocycles. The fourth-order valence-corrected chi connectivity index (χ4v) is 3.77. The lowest BCUT2D eigenvalue weighted by Gasteiger charge is -2.22. The number of rotatable bonds is 7. The van der Waals surface area contributed by atoms with Gasteiger partial charge in [-0.05, 0) is 47.5 Å². The van der Waals surface area contributed by atoms with E-state index in [4.69, 9.17) is 9.72 Å². The van der Waals surface area contributed by atoms with Gasteiger partial charge in [0.2, 0.25) is 11.9 Å². The predicted octanol–water partition coefficient (Wildman–Crippen LogP) is 3.55. The monoisotopic (exact) mass is 461 g/mol. The van der Waals surface area contributed by atoms with Crippen LogP contribution in [0.1, 0.15) is 38.8 Å². The van der Waals surface area contributed by atoms with Crippen LogP contribution in [-0.4, -0.2) is 48.7 Å². The molecule has 1 amide bonds. The Bertz CT molecular complexity index is 845. The fraction of sp³-hybridized carbons (Fsp3) is 0.476. The molecular formula is C21H28BrN5O2. The van der Waals surface area contributed by atoms with E-state index in [1.54, 1.807) is 0 Å². The molecule has 2 atom stereocenters. The minimum Gasteiger partial charge on any atom is -0.489 e. The number of aromatic nitrogens is 2. The number of hydrogen-bond acceptors (Lipinski definition) is 6.